The zero-order chi connectivity index (χ0) is 16.1. The van der Waals surface area contributed by atoms with Crippen LogP contribution in [0.4, 0.5) is 5.69 Å². The lowest BCUT2D eigenvalue weighted by Crippen LogP contribution is -2.44. The van der Waals surface area contributed by atoms with Crippen LogP contribution in [-0.2, 0) is 11.2 Å². The fraction of sp³-hybridized carbons (Fsp3) is 0.611. The van der Waals surface area contributed by atoms with Crippen molar-refractivity contribution in [2.45, 2.75) is 26.2 Å². The van der Waals surface area contributed by atoms with Crippen LogP contribution >= 0.6 is 12.2 Å². The largest absolute Gasteiger partial charge is 0.379 e. The van der Waals surface area contributed by atoms with Crippen LogP contribution < -0.4 is 10.2 Å². The number of fused-ring (bicyclic) bond motifs is 1. The number of aryl methyl sites for hydroxylation is 2. The summed E-state index contributed by atoms with van der Waals surface area (Å²) in [4.78, 5) is 4.73. The summed E-state index contributed by atoms with van der Waals surface area (Å²) in [5.74, 6) is 0. The predicted molar refractivity (Wildman–Crippen MR) is 99.3 cm³/mol. The Balaban J connectivity index is 1.47. The summed E-state index contributed by atoms with van der Waals surface area (Å²) in [6.45, 7) is 9.09. The van der Waals surface area contributed by atoms with Crippen LogP contribution in [0.2, 0.25) is 0 Å². The standard InChI is InChI=1S/C18H27N3OS/c1-15-5-6-17-16(14-15)4-2-9-21(17)18(23)19-7-3-8-20-10-12-22-13-11-20/h5-6,14H,2-4,7-13H2,1H3,(H,19,23). The van der Waals surface area contributed by atoms with Crippen LogP contribution in [0.15, 0.2) is 18.2 Å². The van der Waals surface area contributed by atoms with E-state index in [-0.39, 0.29) is 0 Å². The van der Waals surface area contributed by atoms with Crippen molar-refractivity contribution in [1.82, 2.24) is 10.2 Å². The van der Waals surface area contributed by atoms with Crippen molar-refractivity contribution in [3.05, 3.63) is 29.3 Å². The molecule has 0 aliphatic carbocycles. The zero-order valence-corrected chi connectivity index (χ0v) is 14.8. The van der Waals surface area contributed by atoms with E-state index in [4.69, 9.17) is 17.0 Å². The minimum Gasteiger partial charge on any atom is -0.379 e. The van der Waals surface area contributed by atoms with Gasteiger partial charge in [0.2, 0.25) is 0 Å². The number of hydrogen-bond acceptors (Lipinski definition) is 3. The number of ether oxygens (including phenoxy) is 1. The maximum absolute atomic E-state index is 5.63. The molecule has 126 valence electrons. The second-order valence-electron chi connectivity index (χ2n) is 6.43. The Morgan fingerprint density at radius 2 is 2.09 bits per heavy atom. The first-order valence-corrected chi connectivity index (χ1v) is 9.10. The molecular weight excluding hydrogens is 306 g/mol. The van der Waals surface area contributed by atoms with Gasteiger partial charge >= 0.3 is 0 Å². The quantitative estimate of drug-likeness (QED) is 0.674. The molecule has 4 nitrogen and oxygen atoms in total. The highest BCUT2D eigenvalue weighted by Gasteiger charge is 2.19. The summed E-state index contributed by atoms with van der Waals surface area (Å²) >= 11 is 5.63. The molecule has 5 heteroatoms. The molecule has 1 saturated heterocycles. The number of anilines is 1. The van der Waals surface area contributed by atoms with Gasteiger partial charge < -0.3 is 15.0 Å². The molecule has 0 spiro atoms. The van der Waals surface area contributed by atoms with Crippen molar-refractivity contribution in [1.29, 1.82) is 0 Å². The fourth-order valence-corrected chi connectivity index (χ4v) is 3.65. The van der Waals surface area contributed by atoms with Gasteiger partial charge in [0.1, 0.15) is 0 Å². The molecule has 2 aliphatic rings. The third kappa shape index (κ3) is 4.43. The van der Waals surface area contributed by atoms with Gasteiger partial charge in [0.25, 0.3) is 0 Å². The van der Waals surface area contributed by atoms with Gasteiger partial charge in [0.05, 0.1) is 13.2 Å². The van der Waals surface area contributed by atoms with Crippen LogP contribution in [0, 0.1) is 6.92 Å². The molecule has 2 heterocycles. The van der Waals surface area contributed by atoms with Gasteiger partial charge in [0.15, 0.2) is 5.11 Å². The van der Waals surface area contributed by atoms with Crippen molar-refractivity contribution >= 4 is 23.0 Å². The van der Waals surface area contributed by atoms with Gasteiger partial charge in [-0.3, -0.25) is 4.90 Å². The van der Waals surface area contributed by atoms with E-state index in [0.717, 1.165) is 63.9 Å². The first kappa shape index (κ1) is 16.7. The van der Waals surface area contributed by atoms with Gasteiger partial charge in [-0.15, -0.1) is 0 Å². The highest BCUT2D eigenvalue weighted by molar-refractivity contribution is 7.80. The molecular formula is C18H27N3OS. The lowest BCUT2D eigenvalue weighted by atomic mass is 10.00. The van der Waals surface area contributed by atoms with Gasteiger partial charge in [0, 0.05) is 31.9 Å². The third-order valence-electron chi connectivity index (χ3n) is 4.63. The third-order valence-corrected chi connectivity index (χ3v) is 4.99. The van der Waals surface area contributed by atoms with E-state index >= 15 is 0 Å². The molecule has 0 radical (unpaired) electrons. The van der Waals surface area contributed by atoms with Gasteiger partial charge in [-0.2, -0.15) is 0 Å². The second kappa shape index (κ2) is 8.08. The summed E-state index contributed by atoms with van der Waals surface area (Å²) < 4.78 is 5.38. The molecule has 3 rings (SSSR count). The van der Waals surface area contributed by atoms with Crippen LogP contribution in [0.3, 0.4) is 0 Å². The summed E-state index contributed by atoms with van der Waals surface area (Å²) in [5, 5.41) is 4.32. The minimum absolute atomic E-state index is 0.871. The van der Waals surface area contributed by atoms with Crippen molar-refractivity contribution < 1.29 is 4.74 Å². The Kier molecular flexibility index (Phi) is 5.86. The highest BCUT2D eigenvalue weighted by Crippen LogP contribution is 2.27. The zero-order valence-electron chi connectivity index (χ0n) is 14.0. The highest BCUT2D eigenvalue weighted by atomic mass is 32.1. The number of morpholine rings is 1. The maximum atomic E-state index is 5.63. The monoisotopic (exact) mass is 333 g/mol. The number of rotatable bonds is 4. The Morgan fingerprint density at radius 1 is 1.26 bits per heavy atom. The predicted octanol–water partition coefficient (Wildman–Crippen LogP) is 2.34. The van der Waals surface area contributed by atoms with E-state index in [0.29, 0.717) is 0 Å². The van der Waals surface area contributed by atoms with Crippen molar-refractivity contribution in [3.8, 4) is 0 Å². The molecule has 0 saturated carbocycles. The van der Waals surface area contributed by atoms with Gasteiger partial charge in [-0.25, -0.2) is 0 Å². The molecule has 0 bridgehead atoms. The lowest BCUT2D eigenvalue weighted by molar-refractivity contribution is 0.0376. The molecule has 0 aromatic heterocycles. The molecule has 1 aromatic carbocycles. The summed E-state index contributed by atoms with van der Waals surface area (Å²) in [7, 11) is 0. The average molecular weight is 334 g/mol. The van der Waals surface area contributed by atoms with E-state index in [1.165, 1.54) is 23.2 Å². The minimum atomic E-state index is 0.871. The lowest BCUT2D eigenvalue weighted by Gasteiger charge is -2.32. The molecule has 1 aromatic rings. The Hall–Kier alpha value is -1.17. The van der Waals surface area contributed by atoms with Gasteiger partial charge in [-0.1, -0.05) is 17.7 Å². The van der Waals surface area contributed by atoms with Crippen LogP contribution in [0.25, 0.3) is 0 Å². The van der Waals surface area contributed by atoms with Crippen LogP contribution in [0.1, 0.15) is 24.0 Å². The first-order valence-electron chi connectivity index (χ1n) is 8.69. The number of nitrogens with one attached hydrogen (secondary N) is 1. The van der Waals surface area contributed by atoms with Crippen LogP contribution in [0.5, 0.6) is 0 Å². The number of benzene rings is 1. The SMILES string of the molecule is Cc1ccc2c(c1)CCCN2C(=S)NCCCN1CCOCC1. The topological polar surface area (TPSA) is 27.7 Å². The molecule has 0 amide bonds. The van der Waals surface area contributed by atoms with E-state index in [9.17, 15) is 0 Å². The van der Waals surface area contributed by atoms with E-state index in [1.54, 1.807) is 0 Å². The average Bonchev–Trinajstić information content (AvgIpc) is 2.58. The summed E-state index contributed by atoms with van der Waals surface area (Å²) in [6, 6.07) is 6.69. The normalized spacial score (nSPS) is 18.6. The molecule has 1 fully saturated rings. The Bertz CT molecular complexity index is 543. The first-order chi connectivity index (χ1) is 11.2. The second-order valence-corrected chi connectivity index (χ2v) is 6.81. The molecule has 1 N–H and O–H groups in total. The molecule has 2 aliphatic heterocycles. The smallest absolute Gasteiger partial charge is 0.173 e. The van der Waals surface area contributed by atoms with E-state index in [1.807, 2.05) is 0 Å². The molecule has 0 atom stereocenters. The Morgan fingerprint density at radius 3 is 2.91 bits per heavy atom. The number of thiocarbonyl (C=S) groups is 1. The Labute approximate surface area is 144 Å². The van der Waals surface area contributed by atoms with Crippen molar-refractivity contribution in [3.63, 3.8) is 0 Å². The number of nitrogens with zero attached hydrogens (tertiary/aromatic N) is 2. The summed E-state index contributed by atoms with van der Waals surface area (Å²) in [5.41, 5.74) is 4.04. The van der Waals surface area contributed by atoms with Crippen LogP contribution in [-0.4, -0.2) is 55.9 Å². The maximum Gasteiger partial charge on any atom is 0.173 e. The summed E-state index contributed by atoms with van der Waals surface area (Å²) in [6.07, 6.45) is 3.45. The molecule has 0 unspecified atom stereocenters. The molecule has 23 heavy (non-hydrogen) atoms. The fourth-order valence-electron chi connectivity index (χ4n) is 3.36. The van der Waals surface area contributed by atoms with Crippen molar-refractivity contribution in [2.75, 3.05) is 50.8 Å². The van der Waals surface area contributed by atoms with Crippen molar-refractivity contribution in [2.24, 2.45) is 0 Å². The van der Waals surface area contributed by atoms with E-state index < -0.39 is 0 Å². The van der Waals surface area contributed by atoms with Gasteiger partial charge in [-0.05, 0) is 56.6 Å². The number of hydrogen-bond donors (Lipinski definition) is 1. The van der Waals surface area contributed by atoms with E-state index in [2.05, 4.69) is 40.2 Å².